The van der Waals surface area contributed by atoms with Gasteiger partial charge in [0.2, 0.25) is 0 Å². The minimum atomic E-state index is -3.34. The molecule has 2 nitrogen and oxygen atoms in total. The van der Waals surface area contributed by atoms with Crippen LogP contribution in [0.2, 0.25) is 0 Å². The van der Waals surface area contributed by atoms with Crippen molar-refractivity contribution in [3.05, 3.63) is 0 Å². The molecular weight excluding hydrogens is 243 g/mol. The topological polar surface area (TPSA) is 40.5 Å². The summed E-state index contributed by atoms with van der Waals surface area (Å²) in [6.07, 6.45) is 11.8. The van der Waals surface area contributed by atoms with E-state index in [2.05, 4.69) is 20.8 Å². The normalized spacial score (nSPS) is 14.4. The Hall–Kier alpha value is 0.350. The molecule has 0 aromatic carbocycles. The first-order chi connectivity index (χ1) is 8.46. The molecule has 0 spiro atoms. The van der Waals surface area contributed by atoms with E-state index in [1.54, 1.807) is 0 Å². The van der Waals surface area contributed by atoms with Crippen LogP contribution in [0.5, 0.6) is 0 Å². The monoisotopic (exact) mass is 278 g/mol. The van der Waals surface area contributed by atoms with Gasteiger partial charge in [-0.05, 0) is 0 Å². The summed E-state index contributed by atoms with van der Waals surface area (Å²) in [5.74, 6) is 0. The van der Waals surface area contributed by atoms with E-state index in [1.165, 1.54) is 0 Å². The van der Waals surface area contributed by atoms with Crippen molar-refractivity contribution in [3.63, 3.8) is 0 Å². The summed E-state index contributed by atoms with van der Waals surface area (Å²) in [4.78, 5) is 21.7. The van der Waals surface area contributed by atoms with E-state index >= 15 is 0 Å². The van der Waals surface area contributed by atoms with E-state index in [0.717, 1.165) is 57.8 Å². The van der Waals surface area contributed by atoms with Gasteiger partial charge < -0.3 is 0 Å². The fourth-order valence-corrected chi connectivity index (χ4v) is 6.05. The zero-order chi connectivity index (χ0) is 13.9. The average Bonchev–Trinajstić information content (AvgIpc) is 2.30. The number of rotatable bonds is 12. The molecule has 0 heterocycles. The molecule has 0 saturated carbocycles. The van der Waals surface area contributed by atoms with Gasteiger partial charge in [0.25, 0.3) is 0 Å². The summed E-state index contributed by atoms with van der Waals surface area (Å²) >= 11 is 0. The van der Waals surface area contributed by atoms with Crippen LogP contribution in [-0.4, -0.2) is 28.3 Å². The van der Waals surface area contributed by atoms with Crippen LogP contribution in [-0.2, 0) is 0 Å². The first kappa shape index (κ1) is 18.4. The molecule has 0 aromatic rings. The molecule has 0 fully saturated rings. The maximum absolute atomic E-state index is 10.8. The van der Waals surface area contributed by atoms with E-state index in [0.29, 0.717) is 18.5 Å². The first-order valence-electron chi connectivity index (χ1n) is 7.97. The average molecular weight is 278 g/mol. The predicted octanol–water partition coefficient (Wildman–Crippen LogP) is 4.92. The van der Waals surface area contributed by atoms with Gasteiger partial charge in [0.05, 0.1) is 0 Å². The van der Waals surface area contributed by atoms with E-state index < -0.39 is 7.06 Å². The van der Waals surface area contributed by atoms with Crippen LogP contribution in [0.25, 0.3) is 0 Å². The SMILES string of the molecule is CCCCCP(O)(O)(CCCCC)CCCCC. The van der Waals surface area contributed by atoms with Crippen LogP contribution in [0.3, 0.4) is 0 Å². The second kappa shape index (κ2) is 9.28. The quantitative estimate of drug-likeness (QED) is 0.393. The second-order valence-electron chi connectivity index (χ2n) is 5.90. The fraction of sp³-hybridized carbons (Fsp3) is 1.00. The molecule has 0 aliphatic rings. The van der Waals surface area contributed by atoms with Gasteiger partial charge in [-0.15, -0.1) is 0 Å². The van der Waals surface area contributed by atoms with Crippen LogP contribution in [0.15, 0.2) is 0 Å². The molecule has 18 heavy (non-hydrogen) atoms. The van der Waals surface area contributed by atoms with Gasteiger partial charge >= 0.3 is 114 Å². The van der Waals surface area contributed by atoms with Crippen molar-refractivity contribution in [2.24, 2.45) is 0 Å². The Kier molecular flexibility index (Phi) is 9.47. The molecule has 3 heteroatoms. The van der Waals surface area contributed by atoms with Crippen molar-refractivity contribution in [1.82, 2.24) is 0 Å². The molecule has 0 saturated heterocycles. The third-order valence-electron chi connectivity index (χ3n) is 3.83. The van der Waals surface area contributed by atoms with Crippen molar-refractivity contribution >= 4 is 7.06 Å². The Morgan fingerprint density at radius 2 is 0.833 bits per heavy atom. The summed E-state index contributed by atoms with van der Waals surface area (Å²) in [6.45, 7) is 6.49. The zero-order valence-electron chi connectivity index (χ0n) is 12.8. The van der Waals surface area contributed by atoms with Crippen LogP contribution in [0, 0.1) is 0 Å². The fourth-order valence-electron chi connectivity index (χ4n) is 2.52. The number of unbranched alkanes of at least 4 members (excludes halogenated alkanes) is 6. The van der Waals surface area contributed by atoms with Gasteiger partial charge in [0.1, 0.15) is 0 Å². The van der Waals surface area contributed by atoms with Crippen LogP contribution in [0.4, 0.5) is 0 Å². The van der Waals surface area contributed by atoms with Crippen LogP contribution < -0.4 is 0 Å². The Bertz CT molecular complexity index is 171. The van der Waals surface area contributed by atoms with Gasteiger partial charge in [-0.3, -0.25) is 0 Å². The van der Waals surface area contributed by atoms with E-state index in [4.69, 9.17) is 0 Å². The van der Waals surface area contributed by atoms with Gasteiger partial charge in [0.15, 0.2) is 0 Å². The van der Waals surface area contributed by atoms with Gasteiger partial charge in [-0.1, -0.05) is 0 Å². The Balaban J connectivity index is 4.33. The molecular formula is C15H35O2P. The molecule has 0 unspecified atom stereocenters. The van der Waals surface area contributed by atoms with Crippen molar-refractivity contribution in [2.75, 3.05) is 18.5 Å². The second-order valence-corrected chi connectivity index (χ2v) is 10.5. The third kappa shape index (κ3) is 8.45. The molecule has 2 N–H and O–H groups in total. The first-order valence-corrected chi connectivity index (χ1v) is 10.7. The summed E-state index contributed by atoms with van der Waals surface area (Å²) in [5, 5.41) is 0. The molecule has 112 valence electrons. The summed E-state index contributed by atoms with van der Waals surface area (Å²) in [5.41, 5.74) is 0. The minimum absolute atomic E-state index is 0.673. The summed E-state index contributed by atoms with van der Waals surface area (Å²) < 4.78 is 0. The number of hydrogen-bond acceptors (Lipinski definition) is 2. The predicted molar refractivity (Wildman–Crippen MR) is 84.5 cm³/mol. The van der Waals surface area contributed by atoms with Crippen LogP contribution >= 0.6 is 7.06 Å². The molecule has 0 radical (unpaired) electrons. The van der Waals surface area contributed by atoms with E-state index in [9.17, 15) is 9.79 Å². The Morgan fingerprint density at radius 1 is 0.556 bits per heavy atom. The Labute approximate surface area is 114 Å². The maximum atomic E-state index is 10.8. The molecule has 0 aliphatic carbocycles. The van der Waals surface area contributed by atoms with Gasteiger partial charge in [-0.2, -0.15) is 0 Å². The summed E-state index contributed by atoms with van der Waals surface area (Å²) in [7, 11) is -3.34. The summed E-state index contributed by atoms with van der Waals surface area (Å²) in [6, 6.07) is 0. The molecule has 0 aliphatic heterocycles. The standard InChI is InChI=1S/C15H35O2P/c1-4-7-10-13-18(16,17,14-11-8-5-2)15-12-9-6-3/h16-17H,4-15H2,1-3H3. The van der Waals surface area contributed by atoms with Gasteiger partial charge in [-0.25, -0.2) is 0 Å². The molecule has 0 aromatic heterocycles. The van der Waals surface area contributed by atoms with Crippen molar-refractivity contribution in [2.45, 2.75) is 78.6 Å². The Morgan fingerprint density at radius 3 is 1.06 bits per heavy atom. The third-order valence-corrected chi connectivity index (χ3v) is 7.88. The molecule has 0 amide bonds. The number of hydrogen-bond donors (Lipinski definition) is 2. The van der Waals surface area contributed by atoms with Crippen molar-refractivity contribution < 1.29 is 9.79 Å². The van der Waals surface area contributed by atoms with Crippen molar-refractivity contribution in [1.29, 1.82) is 0 Å². The zero-order valence-corrected chi connectivity index (χ0v) is 13.7. The molecule has 0 bridgehead atoms. The van der Waals surface area contributed by atoms with Gasteiger partial charge in [0, 0.05) is 0 Å². The van der Waals surface area contributed by atoms with Crippen LogP contribution in [0.1, 0.15) is 78.6 Å². The molecule has 0 rings (SSSR count). The van der Waals surface area contributed by atoms with E-state index in [1.807, 2.05) is 0 Å². The van der Waals surface area contributed by atoms with E-state index in [-0.39, 0.29) is 0 Å². The van der Waals surface area contributed by atoms with Crippen molar-refractivity contribution in [3.8, 4) is 0 Å². The molecule has 0 atom stereocenters.